The summed E-state index contributed by atoms with van der Waals surface area (Å²) in [6.07, 6.45) is 0. The Morgan fingerprint density at radius 3 is 2.50 bits per heavy atom. The maximum Gasteiger partial charge on any atom is 0.383 e. The summed E-state index contributed by atoms with van der Waals surface area (Å²) in [5, 5.41) is 0. The molecule has 0 saturated carbocycles. The van der Waals surface area contributed by atoms with Crippen molar-refractivity contribution in [2.75, 3.05) is 0 Å². The van der Waals surface area contributed by atoms with Crippen molar-refractivity contribution >= 4 is 10.3 Å². The quantitative estimate of drug-likeness (QED) is 0.878. The van der Waals surface area contributed by atoms with Crippen molar-refractivity contribution in [1.82, 2.24) is 4.72 Å². The van der Waals surface area contributed by atoms with Crippen LogP contribution >= 0.6 is 0 Å². The van der Waals surface area contributed by atoms with Crippen LogP contribution in [0.4, 0.5) is 0 Å². The van der Waals surface area contributed by atoms with Crippen LogP contribution in [-0.2, 0) is 10.3 Å². The van der Waals surface area contributed by atoms with Gasteiger partial charge in [0.15, 0.2) is 5.75 Å². The van der Waals surface area contributed by atoms with E-state index in [1.807, 2.05) is 49.4 Å². The number of rotatable bonds is 1. The van der Waals surface area contributed by atoms with Crippen molar-refractivity contribution in [2.45, 2.75) is 19.9 Å². The molecule has 1 heterocycles. The molecule has 0 radical (unpaired) electrons. The van der Waals surface area contributed by atoms with Crippen molar-refractivity contribution in [3.63, 3.8) is 0 Å². The van der Waals surface area contributed by atoms with E-state index in [4.69, 9.17) is 4.18 Å². The Labute approximate surface area is 118 Å². The molecule has 3 rings (SSSR count). The predicted molar refractivity (Wildman–Crippen MR) is 77.7 cm³/mol. The average molecular weight is 289 g/mol. The lowest BCUT2D eigenvalue weighted by atomic mass is 9.98. The SMILES string of the molecule is Cc1ccc(-c2cccc3c2OS(=O)(=O)NC3C)cc1. The zero-order chi connectivity index (χ0) is 14.3. The van der Waals surface area contributed by atoms with E-state index in [1.165, 1.54) is 0 Å². The number of hydrogen-bond acceptors (Lipinski definition) is 3. The van der Waals surface area contributed by atoms with Crippen LogP contribution < -0.4 is 8.91 Å². The summed E-state index contributed by atoms with van der Waals surface area (Å²) in [5.41, 5.74) is 3.73. The van der Waals surface area contributed by atoms with Crippen LogP contribution in [0, 0.1) is 6.92 Å². The first-order valence-corrected chi connectivity index (χ1v) is 7.79. The molecule has 0 saturated heterocycles. The lowest BCUT2D eigenvalue weighted by Gasteiger charge is -2.25. The molecule has 5 heteroatoms. The molecule has 1 unspecified atom stereocenters. The van der Waals surface area contributed by atoms with E-state index in [-0.39, 0.29) is 6.04 Å². The molecule has 2 aromatic rings. The number of fused-ring (bicyclic) bond motifs is 1. The van der Waals surface area contributed by atoms with Gasteiger partial charge in [-0.3, -0.25) is 0 Å². The summed E-state index contributed by atoms with van der Waals surface area (Å²) >= 11 is 0. The summed E-state index contributed by atoms with van der Waals surface area (Å²) < 4.78 is 31.1. The predicted octanol–water partition coefficient (Wildman–Crippen LogP) is 2.95. The second-order valence-corrected chi connectivity index (χ2v) is 6.28. The van der Waals surface area contributed by atoms with Crippen LogP contribution in [0.25, 0.3) is 11.1 Å². The number of hydrogen-bond donors (Lipinski definition) is 1. The molecule has 1 aliphatic rings. The molecule has 104 valence electrons. The zero-order valence-electron chi connectivity index (χ0n) is 11.3. The van der Waals surface area contributed by atoms with Gasteiger partial charge in [0.05, 0.1) is 6.04 Å². The van der Waals surface area contributed by atoms with Gasteiger partial charge in [-0.05, 0) is 19.4 Å². The minimum atomic E-state index is -3.73. The first-order valence-electron chi connectivity index (χ1n) is 6.38. The van der Waals surface area contributed by atoms with Crippen molar-refractivity contribution in [3.05, 3.63) is 53.6 Å². The monoisotopic (exact) mass is 289 g/mol. The first kappa shape index (κ1) is 13.1. The minimum Gasteiger partial charge on any atom is -0.370 e. The van der Waals surface area contributed by atoms with Gasteiger partial charge in [0.1, 0.15) is 0 Å². The highest BCUT2D eigenvalue weighted by atomic mass is 32.2. The normalized spacial score (nSPS) is 20.0. The molecule has 2 aromatic carbocycles. The average Bonchev–Trinajstić information content (AvgIpc) is 2.38. The third-order valence-corrected chi connectivity index (χ3v) is 4.42. The maximum absolute atomic E-state index is 11.7. The number of para-hydroxylation sites is 1. The van der Waals surface area contributed by atoms with Crippen LogP contribution in [0.3, 0.4) is 0 Å². The summed E-state index contributed by atoms with van der Waals surface area (Å²) in [4.78, 5) is 0. The molecule has 0 aliphatic carbocycles. The Morgan fingerprint density at radius 2 is 1.80 bits per heavy atom. The standard InChI is InChI=1S/C15H15NO3S/c1-10-6-8-12(9-7-10)14-5-3-4-13-11(2)16-20(17,18)19-15(13)14/h3-9,11,16H,1-2H3. The maximum atomic E-state index is 11.7. The van der Waals surface area contributed by atoms with Crippen molar-refractivity contribution in [3.8, 4) is 16.9 Å². The smallest absolute Gasteiger partial charge is 0.370 e. The summed E-state index contributed by atoms with van der Waals surface area (Å²) in [5.74, 6) is 0.419. The van der Waals surface area contributed by atoms with E-state index < -0.39 is 10.3 Å². The molecule has 20 heavy (non-hydrogen) atoms. The van der Waals surface area contributed by atoms with Crippen LogP contribution in [0.5, 0.6) is 5.75 Å². The van der Waals surface area contributed by atoms with E-state index in [9.17, 15) is 8.42 Å². The number of benzene rings is 2. The summed E-state index contributed by atoms with van der Waals surface area (Å²) in [7, 11) is -3.73. The lowest BCUT2D eigenvalue weighted by Crippen LogP contribution is -2.35. The molecule has 0 bridgehead atoms. The highest BCUT2D eigenvalue weighted by Crippen LogP contribution is 2.39. The first-order chi connectivity index (χ1) is 9.46. The molecule has 1 aliphatic heterocycles. The van der Waals surface area contributed by atoms with Crippen LogP contribution in [0.15, 0.2) is 42.5 Å². The van der Waals surface area contributed by atoms with Crippen molar-refractivity contribution in [1.29, 1.82) is 0 Å². The van der Waals surface area contributed by atoms with Crippen LogP contribution in [0.1, 0.15) is 24.1 Å². The van der Waals surface area contributed by atoms with E-state index >= 15 is 0 Å². The second kappa shape index (κ2) is 4.61. The van der Waals surface area contributed by atoms with Gasteiger partial charge < -0.3 is 4.18 Å². The largest absolute Gasteiger partial charge is 0.383 e. The molecule has 4 nitrogen and oxygen atoms in total. The second-order valence-electron chi connectivity index (χ2n) is 4.97. The van der Waals surface area contributed by atoms with Gasteiger partial charge in [0.25, 0.3) is 0 Å². The van der Waals surface area contributed by atoms with Crippen LogP contribution in [-0.4, -0.2) is 8.42 Å². The fourth-order valence-corrected chi connectivity index (χ4v) is 3.38. The van der Waals surface area contributed by atoms with Crippen molar-refractivity contribution < 1.29 is 12.6 Å². The van der Waals surface area contributed by atoms with Gasteiger partial charge >= 0.3 is 10.3 Å². The fourth-order valence-electron chi connectivity index (χ4n) is 2.36. The molecule has 0 spiro atoms. The van der Waals surface area contributed by atoms with E-state index in [1.54, 1.807) is 6.92 Å². The third-order valence-electron chi connectivity index (χ3n) is 3.39. The topological polar surface area (TPSA) is 55.4 Å². The highest BCUT2D eigenvalue weighted by Gasteiger charge is 2.29. The molecule has 0 aromatic heterocycles. The Balaban J connectivity index is 2.19. The van der Waals surface area contributed by atoms with E-state index in [0.29, 0.717) is 5.75 Å². The Kier molecular flexibility index (Phi) is 3.03. The van der Waals surface area contributed by atoms with Gasteiger partial charge in [-0.25, -0.2) is 0 Å². The highest BCUT2D eigenvalue weighted by molar-refractivity contribution is 7.85. The zero-order valence-corrected chi connectivity index (χ0v) is 12.1. The minimum absolute atomic E-state index is 0.297. The molecule has 1 N–H and O–H groups in total. The van der Waals surface area contributed by atoms with Crippen molar-refractivity contribution in [2.24, 2.45) is 0 Å². The van der Waals surface area contributed by atoms with E-state index in [0.717, 1.165) is 22.3 Å². The summed E-state index contributed by atoms with van der Waals surface area (Å²) in [6.45, 7) is 3.81. The number of nitrogens with one attached hydrogen (secondary N) is 1. The van der Waals surface area contributed by atoms with Gasteiger partial charge in [0, 0.05) is 11.1 Å². The fraction of sp³-hybridized carbons (Fsp3) is 0.200. The summed E-state index contributed by atoms with van der Waals surface area (Å²) in [6, 6.07) is 13.3. The van der Waals surface area contributed by atoms with Gasteiger partial charge in [-0.2, -0.15) is 13.1 Å². The Bertz CT molecular complexity index is 751. The molecule has 0 fully saturated rings. The third kappa shape index (κ3) is 2.30. The Hall–Kier alpha value is -1.85. The number of aryl methyl sites for hydroxylation is 1. The van der Waals surface area contributed by atoms with Gasteiger partial charge in [-0.1, -0.05) is 48.0 Å². The van der Waals surface area contributed by atoms with Gasteiger partial charge in [-0.15, -0.1) is 0 Å². The Morgan fingerprint density at radius 1 is 1.10 bits per heavy atom. The van der Waals surface area contributed by atoms with E-state index in [2.05, 4.69) is 4.72 Å². The lowest BCUT2D eigenvalue weighted by molar-refractivity contribution is 0.437. The molecular weight excluding hydrogens is 274 g/mol. The van der Waals surface area contributed by atoms with Crippen LogP contribution in [0.2, 0.25) is 0 Å². The molecule has 1 atom stereocenters. The molecular formula is C15H15NO3S. The van der Waals surface area contributed by atoms with Gasteiger partial charge in [0.2, 0.25) is 0 Å². The molecule has 0 amide bonds.